The molecule has 0 spiro atoms. The molecule has 1 heterocycles. The first-order valence-corrected chi connectivity index (χ1v) is 5.64. The van der Waals surface area contributed by atoms with Gasteiger partial charge in [-0.2, -0.15) is 0 Å². The molecule has 1 aromatic heterocycles. The van der Waals surface area contributed by atoms with Gasteiger partial charge in [-0.15, -0.1) is 0 Å². The number of nitrogens with one attached hydrogen (secondary N) is 1. The molecule has 0 fully saturated rings. The van der Waals surface area contributed by atoms with E-state index in [4.69, 9.17) is 0 Å². The first-order chi connectivity index (χ1) is 8.58. The summed E-state index contributed by atoms with van der Waals surface area (Å²) < 4.78 is 0. The van der Waals surface area contributed by atoms with Crippen molar-refractivity contribution in [2.75, 3.05) is 5.32 Å². The Balaban J connectivity index is 2.37. The number of benzene rings is 1. The molecule has 1 N–H and O–H groups in total. The average Bonchev–Trinajstić information content (AvgIpc) is 2.74. The minimum absolute atomic E-state index is 0.151. The van der Waals surface area contributed by atoms with Crippen molar-refractivity contribution in [2.24, 2.45) is 0 Å². The first kappa shape index (κ1) is 12.0. The molecule has 92 valence electrons. The van der Waals surface area contributed by atoms with E-state index in [1.165, 1.54) is 0 Å². The van der Waals surface area contributed by atoms with Crippen molar-refractivity contribution in [1.82, 2.24) is 0 Å². The maximum atomic E-state index is 10.8. The lowest BCUT2D eigenvalue weighted by Crippen LogP contribution is -1.92. The largest absolute Gasteiger partial charge is 0.341 e. The summed E-state index contributed by atoms with van der Waals surface area (Å²) in [4.78, 5) is 20.1. The molecule has 0 amide bonds. The summed E-state index contributed by atoms with van der Waals surface area (Å²) in [6, 6.07) is 9.71. The molecule has 0 saturated heterocycles. The van der Waals surface area contributed by atoms with Gasteiger partial charge in [0.1, 0.15) is 6.07 Å². The summed E-state index contributed by atoms with van der Waals surface area (Å²) in [5.74, 6) is 0. The maximum Gasteiger partial charge on any atom is 0.333 e. The number of anilines is 2. The zero-order valence-electron chi connectivity index (χ0n) is 8.90. The quantitative estimate of drug-likeness (QED) is 0.675. The molecule has 18 heavy (non-hydrogen) atoms. The van der Waals surface area contributed by atoms with Crippen LogP contribution in [0.1, 0.15) is 0 Å². The van der Waals surface area contributed by atoms with Crippen LogP contribution in [0.15, 0.2) is 36.4 Å². The molecule has 0 unspecified atom stereocenters. The van der Waals surface area contributed by atoms with Gasteiger partial charge in [-0.1, -0.05) is 18.2 Å². The Bertz CT molecular complexity index is 596. The first-order valence-electron chi connectivity index (χ1n) is 4.82. The van der Waals surface area contributed by atoms with Gasteiger partial charge in [0.2, 0.25) is 0 Å². The third-order valence-electron chi connectivity index (χ3n) is 2.11. The summed E-state index contributed by atoms with van der Waals surface area (Å²) in [5, 5.41) is 24.1. The van der Waals surface area contributed by atoms with Crippen LogP contribution < -0.4 is 5.32 Å². The molecule has 8 heteroatoms. The molecule has 7 nitrogen and oxygen atoms in total. The van der Waals surface area contributed by atoms with Crippen molar-refractivity contribution in [3.63, 3.8) is 0 Å². The lowest BCUT2D eigenvalue weighted by molar-refractivity contribution is -0.389. The van der Waals surface area contributed by atoms with Crippen molar-refractivity contribution in [1.29, 1.82) is 0 Å². The number of para-hydroxylation sites is 1. The summed E-state index contributed by atoms with van der Waals surface area (Å²) >= 11 is 0.739. The van der Waals surface area contributed by atoms with Crippen LogP contribution in [0.25, 0.3) is 0 Å². The Morgan fingerprint density at radius 3 is 2.28 bits per heavy atom. The number of nitrogens with zero attached hydrogens (tertiary/aromatic N) is 2. The van der Waals surface area contributed by atoms with Gasteiger partial charge >= 0.3 is 10.7 Å². The number of rotatable bonds is 4. The van der Waals surface area contributed by atoms with E-state index in [2.05, 4.69) is 5.32 Å². The monoisotopic (exact) mass is 265 g/mol. The normalized spacial score (nSPS) is 10.0. The molecule has 0 aliphatic carbocycles. The van der Waals surface area contributed by atoms with Crippen LogP contribution in [-0.2, 0) is 0 Å². The van der Waals surface area contributed by atoms with E-state index in [0.29, 0.717) is 5.69 Å². The van der Waals surface area contributed by atoms with Crippen LogP contribution in [0.5, 0.6) is 0 Å². The molecular formula is C10H7N3O4S. The number of hydrogen-bond acceptors (Lipinski definition) is 6. The van der Waals surface area contributed by atoms with Gasteiger partial charge in [0.15, 0.2) is 5.00 Å². The van der Waals surface area contributed by atoms with Crippen molar-refractivity contribution >= 4 is 32.7 Å². The topological polar surface area (TPSA) is 98.3 Å². The number of hydrogen-bond donors (Lipinski definition) is 1. The second-order valence-corrected chi connectivity index (χ2v) is 4.33. The Morgan fingerprint density at radius 1 is 1.06 bits per heavy atom. The van der Waals surface area contributed by atoms with E-state index in [1.54, 1.807) is 30.3 Å². The summed E-state index contributed by atoms with van der Waals surface area (Å²) in [7, 11) is 0. The zero-order chi connectivity index (χ0) is 13.1. The van der Waals surface area contributed by atoms with Crippen LogP contribution in [0, 0.1) is 20.2 Å². The van der Waals surface area contributed by atoms with Gasteiger partial charge in [-0.3, -0.25) is 20.2 Å². The van der Waals surface area contributed by atoms with E-state index >= 15 is 0 Å². The highest BCUT2D eigenvalue weighted by molar-refractivity contribution is 7.19. The zero-order valence-corrected chi connectivity index (χ0v) is 9.72. The summed E-state index contributed by atoms with van der Waals surface area (Å²) in [6.45, 7) is 0. The van der Waals surface area contributed by atoms with Crippen LogP contribution in [0.4, 0.5) is 21.4 Å². The van der Waals surface area contributed by atoms with E-state index < -0.39 is 9.85 Å². The average molecular weight is 265 g/mol. The Hall–Kier alpha value is -2.48. The van der Waals surface area contributed by atoms with Crippen molar-refractivity contribution in [2.45, 2.75) is 0 Å². The maximum absolute atomic E-state index is 10.8. The molecule has 0 radical (unpaired) electrons. The van der Waals surface area contributed by atoms with Gasteiger partial charge in [-0.05, 0) is 23.5 Å². The number of thiophene rings is 1. The molecule has 0 aliphatic heterocycles. The van der Waals surface area contributed by atoms with Crippen LogP contribution >= 0.6 is 11.3 Å². The van der Waals surface area contributed by atoms with Gasteiger partial charge in [0.05, 0.1) is 9.85 Å². The molecule has 0 bridgehead atoms. The van der Waals surface area contributed by atoms with Gasteiger partial charge in [0, 0.05) is 5.69 Å². The second kappa shape index (κ2) is 4.80. The van der Waals surface area contributed by atoms with Gasteiger partial charge in [-0.25, -0.2) is 0 Å². The fourth-order valence-corrected chi connectivity index (χ4v) is 2.20. The molecule has 2 rings (SSSR count). The minimum atomic E-state index is -0.645. The molecular weight excluding hydrogens is 258 g/mol. The predicted octanol–water partition coefficient (Wildman–Crippen LogP) is 3.31. The molecule has 2 aromatic rings. The van der Waals surface area contributed by atoms with Gasteiger partial charge < -0.3 is 5.32 Å². The van der Waals surface area contributed by atoms with Crippen molar-refractivity contribution in [3.05, 3.63) is 56.6 Å². The van der Waals surface area contributed by atoms with Crippen molar-refractivity contribution < 1.29 is 9.85 Å². The van der Waals surface area contributed by atoms with E-state index in [1.807, 2.05) is 0 Å². The molecule has 0 aliphatic rings. The van der Waals surface area contributed by atoms with E-state index in [0.717, 1.165) is 17.4 Å². The van der Waals surface area contributed by atoms with E-state index in [-0.39, 0.29) is 15.7 Å². The highest BCUT2D eigenvalue weighted by atomic mass is 32.1. The van der Waals surface area contributed by atoms with Crippen LogP contribution in [-0.4, -0.2) is 9.85 Å². The molecule has 0 saturated carbocycles. The number of nitro groups is 2. The highest BCUT2D eigenvalue weighted by Crippen LogP contribution is 2.40. The van der Waals surface area contributed by atoms with Crippen molar-refractivity contribution in [3.8, 4) is 0 Å². The predicted molar refractivity (Wildman–Crippen MR) is 67.4 cm³/mol. The Kier molecular flexibility index (Phi) is 3.20. The minimum Gasteiger partial charge on any atom is -0.341 e. The van der Waals surface area contributed by atoms with Gasteiger partial charge in [0.25, 0.3) is 0 Å². The Morgan fingerprint density at radius 2 is 1.72 bits per heavy atom. The summed E-state index contributed by atoms with van der Waals surface area (Å²) in [5.41, 5.74) is 0.341. The fraction of sp³-hybridized carbons (Fsp3) is 0. The van der Waals surface area contributed by atoms with Crippen LogP contribution in [0.3, 0.4) is 0 Å². The second-order valence-electron chi connectivity index (χ2n) is 3.30. The SMILES string of the molecule is O=[N+]([O-])c1cc([N+](=O)[O-])c(Nc2ccccc2)s1. The highest BCUT2D eigenvalue weighted by Gasteiger charge is 2.24. The standard InChI is InChI=1S/C10H7N3O4S/c14-12(15)8-6-9(13(16)17)18-10(8)11-7-4-2-1-3-5-7/h1-6,11H. The molecule has 0 atom stereocenters. The smallest absolute Gasteiger partial charge is 0.333 e. The lowest BCUT2D eigenvalue weighted by atomic mass is 10.3. The molecule has 1 aromatic carbocycles. The fourth-order valence-electron chi connectivity index (χ4n) is 1.34. The van der Waals surface area contributed by atoms with E-state index in [9.17, 15) is 20.2 Å². The lowest BCUT2D eigenvalue weighted by Gasteiger charge is -2.01. The van der Waals surface area contributed by atoms with Crippen LogP contribution in [0.2, 0.25) is 0 Å². The summed E-state index contributed by atoms with van der Waals surface area (Å²) in [6.07, 6.45) is 0. The Labute approximate surface area is 105 Å². The third kappa shape index (κ3) is 2.43. The third-order valence-corrected chi connectivity index (χ3v) is 3.10.